The minimum absolute atomic E-state index is 0.0239. The first-order chi connectivity index (χ1) is 13.1. The van der Waals surface area contributed by atoms with Crippen molar-refractivity contribution >= 4 is 46.8 Å². The minimum atomic E-state index is -1.80. The Labute approximate surface area is 182 Å². The zero-order chi connectivity index (χ0) is 20.5. The van der Waals surface area contributed by atoms with Crippen molar-refractivity contribution in [3.8, 4) is 11.8 Å². The van der Waals surface area contributed by atoms with Crippen LogP contribution >= 0.6 is 27.5 Å². The molecule has 1 aromatic heterocycles. The molecular formula is C21H28BrClN2O2Si. The van der Waals surface area contributed by atoms with Crippen LogP contribution in [0.2, 0.25) is 23.2 Å². The van der Waals surface area contributed by atoms with Crippen LogP contribution in [0.25, 0.3) is 10.9 Å². The second-order valence-electron chi connectivity index (χ2n) is 8.74. The monoisotopic (exact) mass is 482 g/mol. The second kappa shape index (κ2) is 8.49. The van der Waals surface area contributed by atoms with E-state index in [1.165, 1.54) is 0 Å². The quantitative estimate of drug-likeness (QED) is 0.368. The van der Waals surface area contributed by atoms with E-state index in [2.05, 4.69) is 66.7 Å². The van der Waals surface area contributed by atoms with Gasteiger partial charge in [0.05, 0.1) is 28.9 Å². The molecule has 2 heterocycles. The molecule has 152 valence electrons. The van der Waals surface area contributed by atoms with Gasteiger partial charge in [0.25, 0.3) is 0 Å². The molecule has 0 saturated carbocycles. The normalized spacial score (nSPS) is 18.2. The Morgan fingerprint density at radius 2 is 2.14 bits per heavy atom. The Balaban J connectivity index is 1.84. The smallest absolute Gasteiger partial charge is 0.193 e. The van der Waals surface area contributed by atoms with Crippen LogP contribution in [0.4, 0.5) is 0 Å². The molecule has 1 fully saturated rings. The highest BCUT2D eigenvalue weighted by molar-refractivity contribution is 9.10. The van der Waals surface area contributed by atoms with Gasteiger partial charge in [0.15, 0.2) is 14.5 Å². The van der Waals surface area contributed by atoms with E-state index < -0.39 is 8.32 Å². The first-order valence-corrected chi connectivity index (χ1v) is 13.8. The van der Waals surface area contributed by atoms with Gasteiger partial charge in [-0.05, 0) is 59.4 Å². The Morgan fingerprint density at radius 3 is 2.79 bits per heavy atom. The van der Waals surface area contributed by atoms with Crippen LogP contribution in [0, 0.1) is 11.8 Å². The van der Waals surface area contributed by atoms with Gasteiger partial charge in [0.1, 0.15) is 0 Å². The second-order valence-corrected chi connectivity index (χ2v) is 14.8. The van der Waals surface area contributed by atoms with Gasteiger partial charge in [-0.15, -0.1) is 0 Å². The number of ether oxygens (including phenoxy) is 1. The lowest BCUT2D eigenvalue weighted by Gasteiger charge is -2.35. The van der Waals surface area contributed by atoms with E-state index >= 15 is 0 Å². The fourth-order valence-corrected chi connectivity index (χ4v) is 4.78. The van der Waals surface area contributed by atoms with E-state index in [-0.39, 0.29) is 11.3 Å². The molecule has 4 nitrogen and oxygen atoms in total. The van der Waals surface area contributed by atoms with Crippen LogP contribution in [-0.2, 0) is 9.16 Å². The van der Waals surface area contributed by atoms with Gasteiger partial charge >= 0.3 is 0 Å². The van der Waals surface area contributed by atoms with Gasteiger partial charge in [-0.2, -0.15) is 5.10 Å². The lowest BCUT2D eigenvalue weighted by atomic mass is 10.1. The van der Waals surface area contributed by atoms with E-state index in [1.54, 1.807) is 0 Å². The van der Waals surface area contributed by atoms with Crippen molar-refractivity contribution in [1.82, 2.24) is 9.78 Å². The Kier molecular flexibility index (Phi) is 6.63. The van der Waals surface area contributed by atoms with Crippen LogP contribution in [0.3, 0.4) is 0 Å². The summed E-state index contributed by atoms with van der Waals surface area (Å²) in [7, 11) is -1.80. The molecule has 0 N–H and O–H groups in total. The molecule has 7 heteroatoms. The van der Waals surface area contributed by atoms with E-state index in [0.29, 0.717) is 11.6 Å². The van der Waals surface area contributed by atoms with Crippen LogP contribution < -0.4 is 0 Å². The maximum absolute atomic E-state index is 6.57. The number of fused-ring (bicyclic) bond motifs is 1. The molecule has 1 unspecified atom stereocenters. The summed E-state index contributed by atoms with van der Waals surface area (Å²) in [4.78, 5) is 0. The van der Waals surface area contributed by atoms with Gasteiger partial charge in [-0.3, -0.25) is 0 Å². The number of halogens is 2. The molecule has 1 aliphatic rings. The summed E-state index contributed by atoms with van der Waals surface area (Å²) in [5, 5.41) is 6.32. The molecule has 1 atom stereocenters. The zero-order valence-corrected chi connectivity index (χ0v) is 20.6. The van der Waals surface area contributed by atoms with Crippen LogP contribution in [0.15, 0.2) is 16.7 Å². The van der Waals surface area contributed by atoms with E-state index in [0.717, 1.165) is 46.8 Å². The van der Waals surface area contributed by atoms with Gasteiger partial charge in [0, 0.05) is 16.5 Å². The third-order valence-corrected chi connectivity index (χ3v) is 11.3. The summed E-state index contributed by atoms with van der Waals surface area (Å²) in [5.74, 6) is 6.33. The molecule has 0 amide bonds. The largest absolute Gasteiger partial charge is 0.406 e. The minimum Gasteiger partial charge on any atom is -0.406 e. The SMILES string of the molecule is CC(C)(C)[Si](C)(C)OCC#Cc1c(Cl)cc2c(cnn2C2CCCCO2)c1Br. The molecule has 1 aromatic carbocycles. The van der Waals surface area contributed by atoms with Crippen LogP contribution in [0.5, 0.6) is 0 Å². The van der Waals surface area contributed by atoms with Gasteiger partial charge in [0.2, 0.25) is 0 Å². The third kappa shape index (κ3) is 4.49. The Hall–Kier alpha value is -0.843. The van der Waals surface area contributed by atoms with Crippen molar-refractivity contribution in [2.75, 3.05) is 13.2 Å². The lowest BCUT2D eigenvalue weighted by Crippen LogP contribution is -2.40. The number of hydrogen-bond acceptors (Lipinski definition) is 3. The van der Waals surface area contributed by atoms with Gasteiger partial charge < -0.3 is 9.16 Å². The molecule has 0 spiro atoms. The number of rotatable bonds is 3. The third-order valence-electron chi connectivity index (χ3n) is 5.75. The average Bonchev–Trinajstić information content (AvgIpc) is 3.04. The topological polar surface area (TPSA) is 36.3 Å². The number of hydrogen-bond donors (Lipinski definition) is 0. The first kappa shape index (κ1) is 21.9. The zero-order valence-electron chi connectivity index (χ0n) is 17.2. The molecule has 0 aliphatic carbocycles. The highest BCUT2D eigenvalue weighted by Gasteiger charge is 2.36. The molecule has 0 radical (unpaired) electrons. The van der Waals surface area contributed by atoms with E-state index in [9.17, 15) is 0 Å². The number of nitrogens with zero attached hydrogens (tertiary/aromatic N) is 2. The lowest BCUT2D eigenvalue weighted by molar-refractivity contribution is -0.0366. The summed E-state index contributed by atoms with van der Waals surface area (Å²) in [6.45, 7) is 12.3. The van der Waals surface area contributed by atoms with Gasteiger partial charge in [-0.25, -0.2) is 4.68 Å². The summed E-state index contributed by atoms with van der Waals surface area (Å²) >= 11 is 10.3. The molecule has 0 bridgehead atoms. The van der Waals surface area contributed by atoms with Crippen molar-refractivity contribution in [2.45, 2.75) is 64.4 Å². The molecule has 1 saturated heterocycles. The van der Waals surface area contributed by atoms with Crippen molar-refractivity contribution in [3.05, 3.63) is 27.3 Å². The summed E-state index contributed by atoms with van der Waals surface area (Å²) < 4.78 is 14.8. The molecule has 3 rings (SSSR count). The van der Waals surface area contributed by atoms with Crippen LogP contribution in [-0.4, -0.2) is 31.3 Å². The summed E-state index contributed by atoms with van der Waals surface area (Å²) in [6, 6.07) is 1.94. The molecular weight excluding hydrogens is 456 g/mol. The standard InChI is InChI=1S/C21H28BrClN2O2Si/c1-21(2,3)28(4,5)27-12-8-9-15-17(23)13-18-16(20(15)22)14-24-25(18)19-10-6-7-11-26-19/h13-14,19H,6-7,10-12H2,1-5H3. The molecule has 1 aliphatic heterocycles. The maximum atomic E-state index is 6.57. The Morgan fingerprint density at radius 1 is 1.39 bits per heavy atom. The van der Waals surface area contributed by atoms with Crippen molar-refractivity contribution < 1.29 is 9.16 Å². The van der Waals surface area contributed by atoms with E-state index in [1.807, 2.05) is 16.9 Å². The van der Waals surface area contributed by atoms with E-state index in [4.69, 9.17) is 20.8 Å². The summed E-state index contributed by atoms with van der Waals surface area (Å²) in [5.41, 5.74) is 1.74. The van der Waals surface area contributed by atoms with Crippen molar-refractivity contribution in [1.29, 1.82) is 0 Å². The van der Waals surface area contributed by atoms with Gasteiger partial charge in [-0.1, -0.05) is 44.2 Å². The van der Waals surface area contributed by atoms with Crippen molar-refractivity contribution in [3.63, 3.8) is 0 Å². The molecule has 28 heavy (non-hydrogen) atoms. The highest BCUT2D eigenvalue weighted by Crippen LogP contribution is 2.37. The van der Waals surface area contributed by atoms with Crippen molar-refractivity contribution in [2.24, 2.45) is 0 Å². The maximum Gasteiger partial charge on any atom is 0.193 e. The first-order valence-electron chi connectivity index (χ1n) is 9.71. The number of aromatic nitrogens is 2. The molecule has 2 aromatic rings. The fourth-order valence-electron chi connectivity index (χ4n) is 2.93. The fraction of sp³-hybridized carbons (Fsp3) is 0.571. The summed E-state index contributed by atoms with van der Waals surface area (Å²) in [6.07, 6.45) is 5.06. The van der Waals surface area contributed by atoms with Crippen LogP contribution in [0.1, 0.15) is 51.8 Å². The highest BCUT2D eigenvalue weighted by atomic mass is 79.9. The number of benzene rings is 1. The average molecular weight is 484 g/mol. The Bertz CT molecular complexity index is 918. The predicted molar refractivity (Wildman–Crippen MR) is 121 cm³/mol. The predicted octanol–water partition coefficient (Wildman–Crippen LogP) is 6.52.